The van der Waals surface area contributed by atoms with Crippen molar-refractivity contribution >= 4 is 32.7 Å². The standard InChI is InChI=1S/C28H24N6/c1-3-4-24-33-23-10-7-18-11-16(5-8-19(18)25(23)34-24)17-6-9-20-21(12-17)22-13-29-14-30-26(22)28-27(20)31-15(2)32-28/h5-6,8-9,11-14H,3-4,7,10H2,1-2H3,(H,31,32)(H,33,34). The molecule has 0 unspecified atom stereocenters. The Morgan fingerprint density at radius 3 is 2.68 bits per heavy atom. The highest BCUT2D eigenvalue weighted by Gasteiger charge is 2.21. The van der Waals surface area contributed by atoms with Gasteiger partial charge < -0.3 is 9.97 Å². The molecule has 3 aromatic heterocycles. The molecular formula is C28H24N6. The van der Waals surface area contributed by atoms with E-state index in [9.17, 15) is 0 Å². The second-order valence-electron chi connectivity index (χ2n) is 9.22. The summed E-state index contributed by atoms with van der Waals surface area (Å²) in [6, 6.07) is 13.4. The van der Waals surface area contributed by atoms with Crippen molar-refractivity contribution in [1.29, 1.82) is 0 Å². The van der Waals surface area contributed by atoms with Crippen LogP contribution in [0, 0.1) is 6.92 Å². The van der Waals surface area contributed by atoms with Crippen LogP contribution in [0.25, 0.3) is 55.1 Å². The van der Waals surface area contributed by atoms with Gasteiger partial charge in [-0.25, -0.2) is 19.9 Å². The Hall–Kier alpha value is -4.06. The highest BCUT2D eigenvalue weighted by atomic mass is 14.9. The van der Waals surface area contributed by atoms with Crippen LogP contribution in [0.1, 0.15) is 36.3 Å². The number of hydrogen-bond acceptors (Lipinski definition) is 4. The molecule has 0 fully saturated rings. The molecule has 0 aliphatic heterocycles. The van der Waals surface area contributed by atoms with Gasteiger partial charge in [0, 0.05) is 34.6 Å². The highest BCUT2D eigenvalue weighted by Crippen LogP contribution is 2.38. The van der Waals surface area contributed by atoms with Gasteiger partial charge in [-0.3, -0.25) is 0 Å². The van der Waals surface area contributed by atoms with E-state index in [1.165, 1.54) is 27.9 Å². The van der Waals surface area contributed by atoms with E-state index >= 15 is 0 Å². The first-order chi connectivity index (χ1) is 16.7. The van der Waals surface area contributed by atoms with E-state index in [0.29, 0.717) is 0 Å². The van der Waals surface area contributed by atoms with Crippen molar-refractivity contribution in [3.63, 3.8) is 0 Å². The van der Waals surface area contributed by atoms with Gasteiger partial charge in [-0.2, -0.15) is 0 Å². The first-order valence-electron chi connectivity index (χ1n) is 11.9. The molecule has 7 rings (SSSR count). The molecule has 2 N–H and O–H groups in total. The maximum absolute atomic E-state index is 4.91. The number of nitrogens with zero attached hydrogens (tertiary/aromatic N) is 4. The molecule has 0 saturated carbocycles. The molecule has 6 heteroatoms. The average molecular weight is 445 g/mol. The van der Waals surface area contributed by atoms with Crippen molar-refractivity contribution in [2.75, 3.05) is 0 Å². The topological polar surface area (TPSA) is 83.1 Å². The monoisotopic (exact) mass is 444 g/mol. The Labute approximate surface area is 196 Å². The summed E-state index contributed by atoms with van der Waals surface area (Å²) in [4.78, 5) is 25.5. The minimum atomic E-state index is 0.890. The van der Waals surface area contributed by atoms with Crippen LogP contribution in [0.2, 0.25) is 0 Å². The van der Waals surface area contributed by atoms with Crippen molar-refractivity contribution in [3.05, 3.63) is 71.8 Å². The van der Waals surface area contributed by atoms with E-state index in [2.05, 4.69) is 63.3 Å². The summed E-state index contributed by atoms with van der Waals surface area (Å²) in [5.41, 5.74) is 10.3. The van der Waals surface area contributed by atoms with Gasteiger partial charge in [0.15, 0.2) is 0 Å². The molecule has 0 amide bonds. The number of H-pyrrole nitrogens is 2. The van der Waals surface area contributed by atoms with E-state index in [1.807, 2.05) is 13.1 Å². The number of rotatable bonds is 3. The number of aryl methyl sites for hydroxylation is 4. The van der Waals surface area contributed by atoms with Gasteiger partial charge in [-0.05, 0) is 54.3 Å². The lowest BCUT2D eigenvalue weighted by Crippen LogP contribution is -2.03. The Balaban J connectivity index is 1.39. The molecule has 3 heterocycles. The van der Waals surface area contributed by atoms with Crippen LogP contribution < -0.4 is 0 Å². The molecule has 0 atom stereocenters. The van der Waals surface area contributed by atoms with Gasteiger partial charge in [-0.1, -0.05) is 37.3 Å². The smallest absolute Gasteiger partial charge is 0.116 e. The van der Waals surface area contributed by atoms with Crippen molar-refractivity contribution in [2.45, 2.75) is 39.5 Å². The Morgan fingerprint density at radius 2 is 1.76 bits per heavy atom. The summed E-state index contributed by atoms with van der Waals surface area (Å²) in [7, 11) is 0. The SMILES string of the molecule is CCCc1nc2c([nH]1)CCc1cc(-c3ccc4c(c3)c3cncnc3c3[nH]c(C)nc43)ccc1-2. The van der Waals surface area contributed by atoms with Gasteiger partial charge in [0.1, 0.15) is 18.0 Å². The molecule has 0 spiro atoms. The average Bonchev–Trinajstić information content (AvgIpc) is 3.47. The summed E-state index contributed by atoms with van der Waals surface area (Å²) in [6.45, 7) is 4.18. The van der Waals surface area contributed by atoms with E-state index in [4.69, 9.17) is 9.97 Å². The fourth-order valence-corrected chi connectivity index (χ4v) is 5.43. The third-order valence-corrected chi connectivity index (χ3v) is 6.99. The summed E-state index contributed by atoms with van der Waals surface area (Å²) in [5.74, 6) is 1.99. The van der Waals surface area contributed by atoms with Crippen molar-refractivity contribution in [3.8, 4) is 22.4 Å². The Kier molecular flexibility index (Phi) is 4.12. The van der Waals surface area contributed by atoms with Crippen molar-refractivity contribution < 1.29 is 0 Å². The van der Waals surface area contributed by atoms with E-state index < -0.39 is 0 Å². The number of hydrogen-bond donors (Lipinski definition) is 2. The summed E-state index contributed by atoms with van der Waals surface area (Å²) < 4.78 is 0. The number of benzene rings is 3. The third kappa shape index (κ3) is 2.81. The van der Waals surface area contributed by atoms with Crippen molar-refractivity contribution in [2.24, 2.45) is 0 Å². The molecule has 166 valence electrons. The van der Waals surface area contributed by atoms with Gasteiger partial charge in [0.05, 0.1) is 22.2 Å². The quantitative estimate of drug-likeness (QED) is 0.324. The van der Waals surface area contributed by atoms with Crippen LogP contribution in [0.15, 0.2) is 48.9 Å². The molecule has 3 aromatic carbocycles. The fraction of sp³-hybridized carbons (Fsp3) is 0.214. The molecule has 0 bridgehead atoms. The minimum absolute atomic E-state index is 0.890. The van der Waals surface area contributed by atoms with Gasteiger partial charge in [-0.15, -0.1) is 0 Å². The normalized spacial score (nSPS) is 13.0. The lowest BCUT2D eigenvalue weighted by atomic mass is 9.89. The Morgan fingerprint density at radius 1 is 0.882 bits per heavy atom. The second-order valence-corrected chi connectivity index (χ2v) is 9.22. The predicted molar refractivity (Wildman–Crippen MR) is 136 cm³/mol. The molecular weight excluding hydrogens is 420 g/mol. The van der Waals surface area contributed by atoms with Crippen LogP contribution >= 0.6 is 0 Å². The molecule has 34 heavy (non-hydrogen) atoms. The van der Waals surface area contributed by atoms with Gasteiger partial charge in [0.2, 0.25) is 0 Å². The maximum atomic E-state index is 4.91. The first-order valence-corrected chi connectivity index (χ1v) is 11.9. The number of imidazole rings is 2. The van der Waals surface area contributed by atoms with E-state index in [1.54, 1.807) is 6.33 Å². The third-order valence-electron chi connectivity index (χ3n) is 6.99. The molecule has 1 aliphatic rings. The number of aromatic amines is 2. The first kappa shape index (κ1) is 19.4. The summed E-state index contributed by atoms with van der Waals surface area (Å²) >= 11 is 0. The largest absolute Gasteiger partial charge is 0.345 e. The highest BCUT2D eigenvalue weighted by molar-refractivity contribution is 6.22. The lowest BCUT2D eigenvalue weighted by Gasteiger charge is -2.17. The van der Waals surface area contributed by atoms with E-state index in [-0.39, 0.29) is 0 Å². The molecule has 0 saturated heterocycles. The minimum Gasteiger partial charge on any atom is -0.345 e. The number of aromatic nitrogens is 6. The van der Waals surface area contributed by atoms with Crippen molar-refractivity contribution in [1.82, 2.24) is 29.9 Å². The zero-order valence-corrected chi connectivity index (χ0v) is 19.2. The molecule has 0 radical (unpaired) electrons. The van der Waals surface area contributed by atoms with Crippen LogP contribution in [0.5, 0.6) is 0 Å². The van der Waals surface area contributed by atoms with E-state index in [0.717, 1.165) is 75.7 Å². The Bertz CT molecular complexity index is 1740. The fourth-order valence-electron chi connectivity index (χ4n) is 5.43. The van der Waals surface area contributed by atoms with Crippen LogP contribution in [-0.2, 0) is 19.3 Å². The van der Waals surface area contributed by atoms with Crippen LogP contribution in [-0.4, -0.2) is 29.9 Å². The zero-order valence-electron chi connectivity index (χ0n) is 19.2. The summed E-state index contributed by atoms with van der Waals surface area (Å²) in [6.07, 6.45) is 7.65. The molecule has 6 nitrogen and oxygen atoms in total. The molecule has 1 aliphatic carbocycles. The number of nitrogens with one attached hydrogen (secondary N) is 2. The van der Waals surface area contributed by atoms with Gasteiger partial charge in [0.25, 0.3) is 0 Å². The van der Waals surface area contributed by atoms with Crippen LogP contribution in [0.3, 0.4) is 0 Å². The van der Waals surface area contributed by atoms with Gasteiger partial charge >= 0.3 is 0 Å². The molecule has 6 aromatic rings. The maximum Gasteiger partial charge on any atom is 0.116 e. The lowest BCUT2D eigenvalue weighted by molar-refractivity contribution is 0.843. The predicted octanol–water partition coefficient (Wildman–Crippen LogP) is 6.08. The number of fused-ring (bicyclic) bond motifs is 9. The van der Waals surface area contributed by atoms with Crippen LogP contribution in [0.4, 0.5) is 0 Å². The summed E-state index contributed by atoms with van der Waals surface area (Å²) in [5, 5.41) is 3.29. The zero-order chi connectivity index (χ0) is 22.8. The second kappa shape index (κ2) is 7.22.